The summed E-state index contributed by atoms with van der Waals surface area (Å²) in [5.74, 6) is 0. The zero-order chi connectivity index (χ0) is 21.3. The number of rotatable bonds is 6. The van der Waals surface area contributed by atoms with Crippen LogP contribution < -0.4 is 0 Å². The first-order valence-corrected chi connectivity index (χ1v) is 13.3. The topological polar surface area (TPSA) is 58.4 Å². The number of sulfonamides is 1. The van der Waals surface area contributed by atoms with Crippen LogP contribution in [0.1, 0.15) is 37.3 Å². The number of nitrogens with zero attached hydrogens (tertiary/aromatic N) is 4. The van der Waals surface area contributed by atoms with E-state index in [0.717, 1.165) is 37.4 Å². The minimum absolute atomic E-state index is 0.311. The molecule has 1 aliphatic heterocycles. The lowest BCUT2D eigenvalue weighted by atomic mass is 10.2. The lowest BCUT2D eigenvalue weighted by molar-refractivity contribution is 0.181. The standard InChI is InChI=1S/C23H28N4O2S2/c28-31(29,26-14-12-25(13-15-26)17-19-7-2-1-3-8-19)22-18-27(20-9-4-5-10-20)24-23(22)21-11-6-16-30-21/h1-3,6-8,11,16,18,20H,4-5,9-10,12-15,17H2. The third kappa shape index (κ3) is 4.35. The molecule has 31 heavy (non-hydrogen) atoms. The largest absolute Gasteiger partial charge is 0.296 e. The van der Waals surface area contributed by atoms with Crippen molar-refractivity contribution in [2.24, 2.45) is 0 Å². The molecule has 6 nitrogen and oxygen atoms in total. The number of aromatic nitrogens is 2. The fourth-order valence-corrected chi connectivity index (χ4v) is 6.96. The van der Waals surface area contributed by atoms with Gasteiger partial charge >= 0.3 is 0 Å². The highest BCUT2D eigenvalue weighted by molar-refractivity contribution is 7.89. The molecule has 0 bridgehead atoms. The van der Waals surface area contributed by atoms with E-state index in [-0.39, 0.29) is 0 Å². The van der Waals surface area contributed by atoms with Crippen molar-refractivity contribution >= 4 is 21.4 Å². The third-order valence-corrected chi connectivity index (χ3v) is 9.13. The average molecular weight is 457 g/mol. The Kier molecular flexibility index (Phi) is 5.97. The molecule has 0 radical (unpaired) electrons. The van der Waals surface area contributed by atoms with Gasteiger partial charge in [-0.3, -0.25) is 9.58 Å². The second-order valence-corrected chi connectivity index (χ2v) is 11.3. The maximum Gasteiger partial charge on any atom is 0.246 e. The molecule has 0 unspecified atom stereocenters. The summed E-state index contributed by atoms with van der Waals surface area (Å²) in [5.41, 5.74) is 1.87. The summed E-state index contributed by atoms with van der Waals surface area (Å²) in [5, 5.41) is 6.75. The first kappa shape index (κ1) is 20.9. The smallest absolute Gasteiger partial charge is 0.246 e. The molecule has 1 saturated carbocycles. The molecule has 0 N–H and O–H groups in total. The molecular formula is C23H28N4O2S2. The minimum Gasteiger partial charge on any atom is -0.296 e. The maximum absolute atomic E-state index is 13.7. The molecule has 8 heteroatoms. The van der Waals surface area contributed by atoms with E-state index >= 15 is 0 Å². The van der Waals surface area contributed by atoms with Crippen molar-refractivity contribution in [1.29, 1.82) is 0 Å². The van der Waals surface area contributed by atoms with Crippen molar-refractivity contribution in [3.63, 3.8) is 0 Å². The van der Waals surface area contributed by atoms with E-state index in [1.165, 1.54) is 18.4 Å². The molecule has 2 fully saturated rings. The van der Waals surface area contributed by atoms with Gasteiger partial charge in [0.1, 0.15) is 10.6 Å². The average Bonchev–Trinajstić information content (AvgIpc) is 3.56. The highest BCUT2D eigenvalue weighted by atomic mass is 32.2. The van der Waals surface area contributed by atoms with Gasteiger partial charge in [0.05, 0.1) is 10.9 Å². The normalized spacial score (nSPS) is 19.2. The van der Waals surface area contributed by atoms with E-state index < -0.39 is 10.0 Å². The molecule has 3 heterocycles. The number of hydrogen-bond donors (Lipinski definition) is 0. The number of thiophene rings is 1. The molecule has 0 amide bonds. The molecule has 1 aliphatic carbocycles. The zero-order valence-electron chi connectivity index (χ0n) is 17.6. The highest BCUT2D eigenvalue weighted by Gasteiger charge is 2.34. The molecule has 5 rings (SSSR count). The molecule has 2 aromatic heterocycles. The maximum atomic E-state index is 13.7. The Morgan fingerprint density at radius 2 is 1.71 bits per heavy atom. The van der Waals surface area contributed by atoms with Crippen molar-refractivity contribution in [1.82, 2.24) is 19.0 Å². The second kappa shape index (κ2) is 8.86. The van der Waals surface area contributed by atoms with Gasteiger partial charge in [-0.2, -0.15) is 9.40 Å². The predicted molar refractivity (Wildman–Crippen MR) is 124 cm³/mol. The van der Waals surface area contributed by atoms with Crippen LogP contribution in [0.25, 0.3) is 10.6 Å². The van der Waals surface area contributed by atoms with Gasteiger partial charge in [-0.05, 0) is 29.9 Å². The predicted octanol–water partition coefficient (Wildman–Crippen LogP) is 4.23. The van der Waals surface area contributed by atoms with Crippen LogP contribution in [0.3, 0.4) is 0 Å². The van der Waals surface area contributed by atoms with Crippen molar-refractivity contribution < 1.29 is 8.42 Å². The van der Waals surface area contributed by atoms with Crippen LogP contribution in [0, 0.1) is 0 Å². The lowest BCUT2D eigenvalue weighted by Crippen LogP contribution is -2.48. The summed E-state index contributed by atoms with van der Waals surface area (Å²) in [6.07, 6.45) is 6.30. The van der Waals surface area contributed by atoms with Crippen LogP contribution in [-0.2, 0) is 16.6 Å². The third-order valence-electron chi connectivity index (χ3n) is 6.35. The summed E-state index contributed by atoms with van der Waals surface area (Å²) >= 11 is 1.54. The van der Waals surface area contributed by atoms with Crippen LogP contribution in [0.2, 0.25) is 0 Å². The molecule has 3 aromatic rings. The molecule has 1 saturated heterocycles. The molecular weight excluding hydrogens is 428 g/mol. The molecule has 164 valence electrons. The quantitative estimate of drug-likeness (QED) is 0.557. The Morgan fingerprint density at radius 1 is 0.968 bits per heavy atom. The van der Waals surface area contributed by atoms with Crippen molar-refractivity contribution in [3.05, 3.63) is 59.6 Å². The minimum atomic E-state index is -3.59. The Balaban J connectivity index is 1.36. The second-order valence-electron chi connectivity index (χ2n) is 8.40. The fourth-order valence-electron chi connectivity index (χ4n) is 4.61. The van der Waals surface area contributed by atoms with E-state index in [2.05, 4.69) is 17.0 Å². The molecule has 0 atom stereocenters. The summed E-state index contributed by atoms with van der Waals surface area (Å²) in [4.78, 5) is 3.60. The van der Waals surface area contributed by atoms with Crippen LogP contribution in [0.15, 0.2) is 58.9 Å². The Hall–Kier alpha value is -2.00. The monoisotopic (exact) mass is 456 g/mol. The summed E-state index contributed by atoms with van der Waals surface area (Å²) in [6.45, 7) is 3.34. The molecule has 2 aliphatic rings. The van der Waals surface area contributed by atoms with E-state index in [4.69, 9.17) is 5.10 Å². The van der Waals surface area contributed by atoms with Gasteiger partial charge in [0, 0.05) is 38.9 Å². The molecule has 0 spiro atoms. The Bertz CT molecular complexity index is 1100. The number of benzene rings is 1. The van der Waals surface area contributed by atoms with Crippen LogP contribution in [0.4, 0.5) is 0 Å². The van der Waals surface area contributed by atoms with Gasteiger partial charge in [0.25, 0.3) is 0 Å². The first-order chi connectivity index (χ1) is 15.1. The van der Waals surface area contributed by atoms with Crippen LogP contribution in [0.5, 0.6) is 0 Å². The van der Waals surface area contributed by atoms with Gasteiger partial charge in [0.15, 0.2) is 0 Å². The van der Waals surface area contributed by atoms with Gasteiger partial charge < -0.3 is 0 Å². The van der Waals surface area contributed by atoms with Crippen LogP contribution >= 0.6 is 11.3 Å². The number of piperazine rings is 1. The van der Waals surface area contributed by atoms with E-state index in [1.807, 2.05) is 40.4 Å². The van der Waals surface area contributed by atoms with Gasteiger partial charge in [-0.1, -0.05) is 49.2 Å². The fraction of sp³-hybridized carbons (Fsp3) is 0.435. The zero-order valence-corrected chi connectivity index (χ0v) is 19.2. The van der Waals surface area contributed by atoms with Crippen molar-refractivity contribution in [2.45, 2.75) is 43.2 Å². The Morgan fingerprint density at radius 3 is 2.39 bits per heavy atom. The summed E-state index contributed by atoms with van der Waals surface area (Å²) in [7, 11) is -3.59. The van der Waals surface area contributed by atoms with E-state index in [0.29, 0.717) is 29.7 Å². The Labute approximate surface area is 188 Å². The number of hydrogen-bond acceptors (Lipinski definition) is 5. The molecule has 1 aromatic carbocycles. The van der Waals surface area contributed by atoms with Crippen molar-refractivity contribution in [3.8, 4) is 10.6 Å². The van der Waals surface area contributed by atoms with Gasteiger partial charge in [-0.25, -0.2) is 8.42 Å². The summed E-state index contributed by atoms with van der Waals surface area (Å²) in [6, 6.07) is 14.6. The van der Waals surface area contributed by atoms with Crippen molar-refractivity contribution in [2.75, 3.05) is 26.2 Å². The van der Waals surface area contributed by atoms with Gasteiger partial charge in [0.2, 0.25) is 10.0 Å². The summed E-state index contributed by atoms with van der Waals surface area (Å²) < 4.78 is 30.9. The first-order valence-electron chi connectivity index (χ1n) is 11.0. The van der Waals surface area contributed by atoms with E-state index in [1.54, 1.807) is 21.8 Å². The lowest BCUT2D eigenvalue weighted by Gasteiger charge is -2.33. The van der Waals surface area contributed by atoms with E-state index in [9.17, 15) is 8.42 Å². The highest BCUT2D eigenvalue weighted by Crippen LogP contribution is 2.36. The SMILES string of the molecule is O=S(=O)(c1cn(C2CCCC2)nc1-c1cccs1)N1CCN(Cc2ccccc2)CC1. The van der Waals surface area contributed by atoms with Crippen LogP contribution in [-0.4, -0.2) is 53.6 Å². The van der Waals surface area contributed by atoms with Gasteiger partial charge in [-0.15, -0.1) is 11.3 Å².